The molecule has 1 heterocycles. The van der Waals surface area contributed by atoms with E-state index in [1.807, 2.05) is 19.1 Å². The maximum atomic E-state index is 12.8. The lowest BCUT2D eigenvalue weighted by Crippen LogP contribution is -2.26. The number of aryl methyl sites for hydroxylation is 1. The molecule has 0 aliphatic carbocycles. The molecule has 5 nitrogen and oxygen atoms in total. The van der Waals surface area contributed by atoms with Crippen LogP contribution in [0.15, 0.2) is 65.3 Å². The Bertz CT molecular complexity index is 950. The monoisotopic (exact) mass is 382 g/mol. The maximum Gasteiger partial charge on any atom is 0.291 e. The molecule has 0 aliphatic rings. The Labute approximate surface area is 162 Å². The summed E-state index contributed by atoms with van der Waals surface area (Å²) in [5.74, 6) is -0.286. The van der Waals surface area contributed by atoms with Gasteiger partial charge in [0.15, 0.2) is 5.76 Å². The third kappa shape index (κ3) is 4.57. The van der Waals surface area contributed by atoms with E-state index in [9.17, 15) is 9.59 Å². The minimum atomic E-state index is -0.359. The van der Waals surface area contributed by atoms with E-state index in [0.29, 0.717) is 22.8 Å². The molecule has 0 spiro atoms. The van der Waals surface area contributed by atoms with Gasteiger partial charge in [0, 0.05) is 29.9 Å². The summed E-state index contributed by atoms with van der Waals surface area (Å²) in [5, 5.41) is 3.44. The minimum Gasteiger partial charge on any atom is -0.459 e. The topological polar surface area (TPSA) is 62.6 Å². The van der Waals surface area contributed by atoms with E-state index in [-0.39, 0.29) is 17.6 Å². The summed E-state index contributed by atoms with van der Waals surface area (Å²) in [4.78, 5) is 26.6. The molecule has 1 N–H and O–H groups in total. The quantitative estimate of drug-likeness (QED) is 0.691. The first kappa shape index (κ1) is 18.7. The highest BCUT2D eigenvalue weighted by molar-refractivity contribution is 6.30. The van der Waals surface area contributed by atoms with Crippen LogP contribution in [0.5, 0.6) is 0 Å². The fourth-order valence-corrected chi connectivity index (χ4v) is 2.76. The summed E-state index contributed by atoms with van der Waals surface area (Å²) in [6, 6.07) is 15.8. The van der Waals surface area contributed by atoms with Crippen molar-refractivity contribution in [2.45, 2.75) is 13.5 Å². The lowest BCUT2D eigenvalue weighted by molar-refractivity contribution is 0.0784. The van der Waals surface area contributed by atoms with Crippen LogP contribution in [0.2, 0.25) is 5.02 Å². The van der Waals surface area contributed by atoms with Gasteiger partial charge in [0.05, 0.1) is 6.26 Å². The lowest BCUT2D eigenvalue weighted by Gasteiger charge is -2.18. The number of rotatable bonds is 5. The van der Waals surface area contributed by atoms with Crippen LogP contribution in [0.25, 0.3) is 0 Å². The van der Waals surface area contributed by atoms with Gasteiger partial charge in [-0.05, 0) is 54.4 Å². The number of hydrogen-bond donors (Lipinski definition) is 1. The van der Waals surface area contributed by atoms with Gasteiger partial charge < -0.3 is 14.6 Å². The highest BCUT2D eigenvalue weighted by Gasteiger charge is 2.16. The van der Waals surface area contributed by atoms with E-state index in [2.05, 4.69) is 5.32 Å². The molecule has 0 unspecified atom stereocenters. The van der Waals surface area contributed by atoms with Gasteiger partial charge in [-0.2, -0.15) is 0 Å². The van der Waals surface area contributed by atoms with E-state index in [1.165, 1.54) is 6.26 Å². The van der Waals surface area contributed by atoms with Crippen LogP contribution in [-0.2, 0) is 6.54 Å². The van der Waals surface area contributed by atoms with Gasteiger partial charge in [-0.25, -0.2) is 0 Å². The smallest absolute Gasteiger partial charge is 0.291 e. The average Bonchev–Trinajstić information content (AvgIpc) is 3.19. The van der Waals surface area contributed by atoms with Crippen LogP contribution in [-0.4, -0.2) is 23.8 Å². The number of benzene rings is 2. The third-order valence-electron chi connectivity index (χ3n) is 4.16. The maximum absolute atomic E-state index is 12.8. The van der Waals surface area contributed by atoms with E-state index < -0.39 is 0 Å². The normalized spacial score (nSPS) is 10.5. The molecule has 0 aliphatic heterocycles. The Balaban J connectivity index is 1.74. The van der Waals surface area contributed by atoms with Crippen molar-refractivity contribution in [1.29, 1.82) is 0 Å². The van der Waals surface area contributed by atoms with Crippen molar-refractivity contribution in [2.75, 3.05) is 12.4 Å². The molecule has 0 radical (unpaired) electrons. The zero-order valence-corrected chi connectivity index (χ0v) is 15.8. The van der Waals surface area contributed by atoms with Gasteiger partial charge in [0.1, 0.15) is 0 Å². The molecule has 0 atom stereocenters. The van der Waals surface area contributed by atoms with Crippen LogP contribution in [0, 0.1) is 6.92 Å². The molecule has 138 valence electrons. The molecule has 0 saturated heterocycles. The molecule has 2 aromatic carbocycles. The second-order valence-electron chi connectivity index (χ2n) is 6.25. The predicted octanol–water partition coefficient (Wildman–Crippen LogP) is 4.77. The summed E-state index contributed by atoms with van der Waals surface area (Å²) in [6.07, 6.45) is 1.44. The summed E-state index contributed by atoms with van der Waals surface area (Å²) in [5.41, 5.74) is 2.90. The molecule has 0 saturated carbocycles. The molecule has 3 rings (SSSR count). The number of furan rings is 1. The number of anilines is 1. The molecule has 0 bridgehead atoms. The zero-order valence-electron chi connectivity index (χ0n) is 15.0. The molecule has 3 aromatic rings. The van der Waals surface area contributed by atoms with Crippen molar-refractivity contribution in [2.24, 2.45) is 0 Å². The van der Waals surface area contributed by atoms with Crippen molar-refractivity contribution in [3.05, 3.63) is 88.3 Å². The number of halogens is 1. The Morgan fingerprint density at radius 1 is 1.11 bits per heavy atom. The first-order valence-corrected chi connectivity index (χ1v) is 8.77. The lowest BCUT2D eigenvalue weighted by atomic mass is 10.1. The van der Waals surface area contributed by atoms with Gasteiger partial charge in [0.2, 0.25) is 0 Å². The highest BCUT2D eigenvalue weighted by Crippen LogP contribution is 2.20. The van der Waals surface area contributed by atoms with E-state index in [0.717, 1.165) is 11.1 Å². The third-order valence-corrected chi connectivity index (χ3v) is 4.41. The summed E-state index contributed by atoms with van der Waals surface area (Å²) in [7, 11) is 1.73. The zero-order chi connectivity index (χ0) is 19.4. The SMILES string of the molecule is Cc1ccc(C(=O)N(C)Cc2ccc(Cl)cc2)cc1NC(=O)c1ccco1. The predicted molar refractivity (Wildman–Crippen MR) is 105 cm³/mol. The Morgan fingerprint density at radius 2 is 1.85 bits per heavy atom. The molecule has 6 heteroatoms. The minimum absolute atomic E-state index is 0.140. The van der Waals surface area contributed by atoms with Crippen LogP contribution in [0.4, 0.5) is 5.69 Å². The van der Waals surface area contributed by atoms with Gasteiger partial charge >= 0.3 is 0 Å². The van der Waals surface area contributed by atoms with Crippen molar-refractivity contribution in [3.8, 4) is 0 Å². The largest absolute Gasteiger partial charge is 0.459 e. The molecule has 27 heavy (non-hydrogen) atoms. The number of nitrogens with one attached hydrogen (secondary N) is 1. The fourth-order valence-electron chi connectivity index (χ4n) is 2.64. The molecule has 1 aromatic heterocycles. The summed E-state index contributed by atoms with van der Waals surface area (Å²) < 4.78 is 5.10. The van der Waals surface area contributed by atoms with Crippen molar-refractivity contribution >= 4 is 29.1 Å². The Morgan fingerprint density at radius 3 is 2.52 bits per heavy atom. The Kier molecular flexibility index (Phi) is 5.62. The first-order valence-electron chi connectivity index (χ1n) is 8.39. The second-order valence-corrected chi connectivity index (χ2v) is 6.69. The molecular weight excluding hydrogens is 364 g/mol. The van der Waals surface area contributed by atoms with Gasteiger partial charge in [-0.3, -0.25) is 9.59 Å². The average molecular weight is 383 g/mol. The van der Waals surface area contributed by atoms with Crippen molar-refractivity contribution < 1.29 is 14.0 Å². The standard InChI is InChI=1S/C21H19ClN2O3/c1-14-5-8-16(12-18(14)23-20(25)19-4-3-11-27-19)21(26)24(2)13-15-6-9-17(22)10-7-15/h3-12H,13H2,1-2H3,(H,23,25). The van der Waals surface area contributed by atoms with Crippen LogP contribution < -0.4 is 5.32 Å². The van der Waals surface area contributed by atoms with E-state index >= 15 is 0 Å². The second kappa shape index (κ2) is 8.10. The molecule has 2 amide bonds. The molecule has 0 fully saturated rings. The van der Waals surface area contributed by atoms with Crippen LogP contribution >= 0.6 is 11.6 Å². The van der Waals surface area contributed by atoms with E-state index in [4.69, 9.17) is 16.0 Å². The number of carbonyl (C=O) groups excluding carboxylic acids is 2. The van der Waals surface area contributed by atoms with Crippen molar-refractivity contribution in [3.63, 3.8) is 0 Å². The molecular formula is C21H19ClN2O3. The van der Waals surface area contributed by atoms with Gasteiger partial charge in [-0.15, -0.1) is 0 Å². The summed E-state index contributed by atoms with van der Waals surface area (Å²) >= 11 is 5.90. The number of nitrogens with zero attached hydrogens (tertiary/aromatic N) is 1. The van der Waals surface area contributed by atoms with Gasteiger partial charge in [-0.1, -0.05) is 29.8 Å². The highest BCUT2D eigenvalue weighted by atomic mass is 35.5. The number of carbonyl (C=O) groups is 2. The number of amides is 2. The van der Waals surface area contributed by atoms with E-state index in [1.54, 1.807) is 54.4 Å². The first-order chi connectivity index (χ1) is 12.9. The summed E-state index contributed by atoms with van der Waals surface area (Å²) in [6.45, 7) is 2.32. The fraction of sp³-hybridized carbons (Fsp3) is 0.143. The van der Waals surface area contributed by atoms with Crippen LogP contribution in [0.1, 0.15) is 32.0 Å². The van der Waals surface area contributed by atoms with Crippen molar-refractivity contribution in [1.82, 2.24) is 4.90 Å². The number of hydrogen-bond acceptors (Lipinski definition) is 3. The van der Waals surface area contributed by atoms with Gasteiger partial charge in [0.25, 0.3) is 11.8 Å². The van der Waals surface area contributed by atoms with Crippen LogP contribution in [0.3, 0.4) is 0 Å². The Hall–Kier alpha value is -3.05.